The van der Waals surface area contributed by atoms with Crippen molar-refractivity contribution in [2.75, 3.05) is 19.6 Å². The Hall–Kier alpha value is -2.40. The van der Waals surface area contributed by atoms with Gasteiger partial charge in [-0.15, -0.1) is 0 Å². The van der Waals surface area contributed by atoms with Crippen LogP contribution in [0, 0.1) is 5.92 Å². The predicted molar refractivity (Wildman–Crippen MR) is 127 cm³/mol. The standard InChI is InChI=1S/C27H37N3O2/c1-2-29(21-23-12-16-28-17-13-23)20-22-8-10-25(11-9-22)32-26-14-18-30(19-15-26)27(31)24-6-4-3-5-7-24/h8-13,16-17,24,26H,2-7,14-15,18-21H2,1H3. The number of likely N-dealkylation sites (tertiary alicyclic amines) is 1. The lowest BCUT2D eigenvalue weighted by Gasteiger charge is -2.35. The van der Waals surface area contributed by atoms with E-state index in [1.54, 1.807) is 0 Å². The van der Waals surface area contributed by atoms with E-state index < -0.39 is 0 Å². The largest absolute Gasteiger partial charge is 0.490 e. The minimum absolute atomic E-state index is 0.204. The van der Waals surface area contributed by atoms with Crippen LogP contribution in [-0.4, -0.2) is 46.4 Å². The normalized spacial score (nSPS) is 18.1. The van der Waals surface area contributed by atoms with Gasteiger partial charge in [-0.1, -0.05) is 38.3 Å². The van der Waals surface area contributed by atoms with Crippen molar-refractivity contribution >= 4 is 5.91 Å². The molecule has 0 radical (unpaired) electrons. The highest BCUT2D eigenvalue weighted by Gasteiger charge is 2.29. The van der Waals surface area contributed by atoms with Gasteiger partial charge in [0.05, 0.1) is 0 Å². The molecule has 0 unspecified atom stereocenters. The highest BCUT2D eigenvalue weighted by molar-refractivity contribution is 5.79. The summed E-state index contributed by atoms with van der Waals surface area (Å²) in [6, 6.07) is 12.7. The fourth-order valence-electron chi connectivity index (χ4n) is 4.95. The maximum absolute atomic E-state index is 12.8. The van der Waals surface area contributed by atoms with Crippen LogP contribution >= 0.6 is 0 Å². The molecule has 1 saturated carbocycles. The molecule has 32 heavy (non-hydrogen) atoms. The lowest BCUT2D eigenvalue weighted by Crippen LogP contribution is -2.44. The molecule has 2 fully saturated rings. The smallest absolute Gasteiger partial charge is 0.225 e. The minimum Gasteiger partial charge on any atom is -0.490 e. The topological polar surface area (TPSA) is 45.7 Å². The van der Waals surface area contributed by atoms with Crippen LogP contribution in [-0.2, 0) is 17.9 Å². The number of benzene rings is 1. The molecule has 4 rings (SSSR count). The Labute approximate surface area is 192 Å². The van der Waals surface area contributed by atoms with E-state index in [2.05, 4.69) is 58.1 Å². The fourth-order valence-corrected chi connectivity index (χ4v) is 4.95. The molecule has 1 saturated heterocycles. The number of carbonyl (C=O) groups excluding carboxylic acids is 1. The first-order chi connectivity index (χ1) is 15.7. The molecule has 2 aromatic rings. The molecule has 2 aliphatic rings. The number of hydrogen-bond acceptors (Lipinski definition) is 4. The molecule has 172 valence electrons. The second-order valence-corrected chi connectivity index (χ2v) is 9.28. The van der Waals surface area contributed by atoms with Crippen LogP contribution in [0.2, 0.25) is 0 Å². The molecule has 0 N–H and O–H groups in total. The third kappa shape index (κ3) is 6.32. The zero-order valence-electron chi connectivity index (χ0n) is 19.4. The molecule has 5 heteroatoms. The van der Waals surface area contributed by atoms with E-state index in [1.807, 2.05) is 12.4 Å². The maximum atomic E-state index is 12.8. The number of amides is 1. The number of carbonyl (C=O) groups is 1. The van der Waals surface area contributed by atoms with Crippen molar-refractivity contribution < 1.29 is 9.53 Å². The van der Waals surface area contributed by atoms with Crippen molar-refractivity contribution in [1.29, 1.82) is 0 Å². The van der Waals surface area contributed by atoms with Gasteiger partial charge in [0.15, 0.2) is 0 Å². The predicted octanol–water partition coefficient (Wildman–Crippen LogP) is 5.05. The van der Waals surface area contributed by atoms with Crippen LogP contribution in [0.25, 0.3) is 0 Å². The van der Waals surface area contributed by atoms with E-state index in [0.29, 0.717) is 5.91 Å². The summed E-state index contributed by atoms with van der Waals surface area (Å²) in [6.07, 6.45) is 11.6. The van der Waals surface area contributed by atoms with Crippen LogP contribution < -0.4 is 4.74 Å². The molecule has 5 nitrogen and oxygen atoms in total. The number of piperidine rings is 1. The van der Waals surface area contributed by atoms with Gasteiger partial charge in [0.1, 0.15) is 11.9 Å². The van der Waals surface area contributed by atoms with Gasteiger partial charge < -0.3 is 9.64 Å². The lowest BCUT2D eigenvalue weighted by molar-refractivity contribution is -0.138. The van der Waals surface area contributed by atoms with Gasteiger partial charge in [0, 0.05) is 57.3 Å². The number of nitrogens with zero attached hydrogens (tertiary/aromatic N) is 3. The molecule has 1 amide bonds. The average molecular weight is 436 g/mol. The van der Waals surface area contributed by atoms with Crippen molar-refractivity contribution in [3.8, 4) is 5.75 Å². The van der Waals surface area contributed by atoms with Crippen molar-refractivity contribution in [3.05, 3.63) is 59.9 Å². The third-order valence-corrected chi connectivity index (χ3v) is 6.94. The summed E-state index contributed by atoms with van der Waals surface area (Å²) in [5.74, 6) is 1.60. The molecule has 1 aliphatic carbocycles. The lowest BCUT2D eigenvalue weighted by atomic mass is 9.88. The third-order valence-electron chi connectivity index (χ3n) is 6.94. The Balaban J connectivity index is 1.23. The van der Waals surface area contributed by atoms with Gasteiger partial charge in [-0.3, -0.25) is 14.7 Å². The number of aromatic nitrogens is 1. The van der Waals surface area contributed by atoms with Crippen LogP contribution in [0.5, 0.6) is 5.75 Å². The van der Waals surface area contributed by atoms with E-state index >= 15 is 0 Å². The van der Waals surface area contributed by atoms with Crippen molar-refractivity contribution in [1.82, 2.24) is 14.8 Å². The molecular formula is C27H37N3O2. The Morgan fingerprint density at radius 3 is 2.19 bits per heavy atom. The summed E-state index contributed by atoms with van der Waals surface area (Å²) in [7, 11) is 0. The van der Waals surface area contributed by atoms with Gasteiger partial charge in [0.2, 0.25) is 5.91 Å². The Morgan fingerprint density at radius 1 is 0.938 bits per heavy atom. The average Bonchev–Trinajstić information content (AvgIpc) is 2.86. The van der Waals surface area contributed by atoms with E-state index in [-0.39, 0.29) is 12.0 Å². The Bertz CT molecular complexity index is 826. The summed E-state index contributed by atoms with van der Waals surface area (Å²) >= 11 is 0. The van der Waals surface area contributed by atoms with Crippen LogP contribution in [0.15, 0.2) is 48.8 Å². The molecular weight excluding hydrogens is 398 g/mol. The summed E-state index contributed by atoms with van der Waals surface area (Å²) < 4.78 is 6.25. The quantitative estimate of drug-likeness (QED) is 0.582. The Morgan fingerprint density at radius 2 is 1.56 bits per heavy atom. The molecule has 0 spiro atoms. The summed E-state index contributed by atoms with van der Waals surface area (Å²) in [6.45, 7) is 6.70. The van der Waals surface area contributed by atoms with E-state index in [4.69, 9.17) is 4.74 Å². The Kier molecular flexibility index (Phi) is 8.16. The van der Waals surface area contributed by atoms with Crippen LogP contribution in [0.3, 0.4) is 0 Å². The number of rotatable bonds is 8. The number of ether oxygens (including phenoxy) is 1. The maximum Gasteiger partial charge on any atom is 0.225 e. The van der Waals surface area contributed by atoms with E-state index in [1.165, 1.54) is 30.4 Å². The first-order valence-electron chi connectivity index (χ1n) is 12.4. The zero-order valence-corrected chi connectivity index (χ0v) is 19.4. The second-order valence-electron chi connectivity index (χ2n) is 9.28. The van der Waals surface area contributed by atoms with Crippen LogP contribution in [0.4, 0.5) is 0 Å². The molecule has 1 aromatic carbocycles. The highest BCUT2D eigenvalue weighted by Crippen LogP contribution is 2.27. The molecule has 0 atom stereocenters. The monoisotopic (exact) mass is 435 g/mol. The first kappa shape index (κ1) is 22.8. The van der Waals surface area contributed by atoms with Crippen molar-refractivity contribution in [3.63, 3.8) is 0 Å². The highest BCUT2D eigenvalue weighted by atomic mass is 16.5. The van der Waals surface area contributed by atoms with Crippen molar-refractivity contribution in [2.45, 2.75) is 71.1 Å². The zero-order chi connectivity index (χ0) is 22.2. The summed E-state index contributed by atoms with van der Waals surface area (Å²) in [4.78, 5) is 21.4. The van der Waals surface area contributed by atoms with Gasteiger partial charge in [0.25, 0.3) is 0 Å². The van der Waals surface area contributed by atoms with E-state index in [9.17, 15) is 4.79 Å². The SMILES string of the molecule is CCN(Cc1ccncc1)Cc1ccc(OC2CCN(C(=O)C3CCCCC3)CC2)cc1. The first-order valence-corrected chi connectivity index (χ1v) is 12.4. The molecule has 1 aromatic heterocycles. The van der Waals surface area contributed by atoms with Gasteiger partial charge in [-0.2, -0.15) is 0 Å². The second kappa shape index (κ2) is 11.5. The minimum atomic E-state index is 0.204. The number of hydrogen-bond donors (Lipinski definition) is 0. The van der Waals surface area contributed by atoms with Gasteiger partial charge >= 0.3 is 0 Å². The number of pyridine rings is 1. The fraction of sp³-hybridized carbons (Fsp3) is 0.556. The van der Waals surface area contributed by atoms with Crippen LogP contribution in [0.1, 0.15) is 63.0 Å². The molecule has 1 aliphatic heterocycles. The summed E-state index contributed by atoms with van der Waals surface area (Å²) in [5, 5.41) is 0. The van der Waals surface area contributed by atoms with Crippen molar-refractivity contribution in [2.24, 2.45) is 5.92 Å². The van der Waals surface area contributed by atoms with Gasteiger partial charge in [-0.05, 0) is 54.8 Å². The van der Waals surface area contributed by atoms with Gasteiger partial charge in [-0.25, -0.2) is 0 Å². The summed E-state index contributed by atoms with van der Waals surface area (Å²) in [5.41, 5.74) is 2.58. The van der Waals surface area contributed by atoms with E-state index in [0.717, 1.165) is 64.2 Å². The molecule has 2 heterocycles. The molecule has 0 bridgehead atoms.